The van der Waals surface area contributed by atoms with Crippen LogP contribution in [-0.2, 0) is 4.79 Å². The molecule has 9 heteroatoms. The Hall–Kier alpha value is -3.04. The van der Waals surface area contributed by atoms with Crippen molar-refractivity contribution in [2.45, 2.75) is 38.1 Å². The largest absolute Gasteiger partial charge is 0.370 e. The van der Waals surface area contributed by atoms with Crippen molar-refractivity contribution in [3.8, 4) is 10.6 Å². The number of nitrogens with one attached hydrogen (secondary N) is 2. The van der Waals surface area contributed by atoms with Gasteiger partial charge in [0.25, 0.3) is 5.91 Å². The maximum Gasteiger partial charge on any atom is 0.263 e. The first-order valence-electron chi connectivity index (χ1n) is 10.1. The standard InChI is InChI=1S/C22H23N5O2S2/c23-20(28)9-3-1-2-7-15(27-22(29)19-12-24-13-30-19)21-25-11-16(26-21)18-10-14-6-4-5-8-17(14)31-18/h4-6,8,10-13,15H,1-3,7,9H2,(H2,23,28)(H,25,26)(H,27,29)/t15-/m0/s1. The number of hydrogen-bond donors (Lipinski definition) is 3. The van der Waals surface area contributed by atoms with Gasteiger partial charge in [-0.05, 0) is 30.4 Å². The lowest BCUT2D eigenvalue weighted by atomic mass is 10.1. The first kappa shape index (κ1) is 21.2. The number of aromatic amines is 1. The number of thiazole rings is 1. The molecule has 31 heavy (non-hydrogen) atoms. The summed E-state index contributed by atoms with van der Waals surface area (Å²) in [7, 11) is 0. The molecule has 0 saturated carbocycles. The van der Waals surface area contributed by atoms with Gasteiger partial charge in [-0.1, -0.05) is 31.0 Å². The SMILES string of the molecule is NC(=O)CCCCC[C@H](NC(=O)c1cncs1)c1ncc(-c2cc3ccccc3s2)[nH]1. The molecule has 0 aliphatic rings. The molecule has 4 rings (SSSR count). The number of fused-ring (bicyclic) bond motifs is 1. The molecule has 3 heterocycles. The van der Waals surface area contributed by atoms with Crippen LogP contribution in [0.25, 0.3) is 20.7 Å². The van der Waals surface area contributed by atoms with Crippen molar-refractivity contribution in [3.05, 3.63) is 58.9 Å². The van der Waals surface area contributed by atoms with E-state index < -0.39 is 0 Å². The van der Waals surface area contributed by atoms with E-state index in [1.165, 1.54) is 21.4 Å². The first-order valence-corrected chi connectivity index (χ1v) is 11.8. The average Bonchev–Trinajstić information content (AvgIpc) is 3.52. The number of carbonyl (C=O) groups excluding carboxylic acids is 2. The molecule has 4 N–H and O–H groups in total. The van der Waals surface area contributed by atoms with Gasteiger partial charge < -0.3 is 16.0 Å². The van der Waals surface area contributed by atoms with Gasteiger partial charge in [0, 0.05) is 11.1 Å². The maximum atomic E-state index is 12.6. The van der Waals surface area contributed by atoms with Crippen LogP contribution < -0.4 is 11.1 Å². The molecule has 0 radical (unpaired) electrons. The van der Waals surface area contributed by atoms with Crippen molar-refractivity contribution < 1.29 is 9.59 Å². The number of imidazole rings is 1. The molecule has 0 aliphatic carbocycles. The highest BCUT2D eigenvalue weighted by molar-refractivity contribution is 7.22. The molecular formula is C22H23N5O2S2. The normalized spacial score (nSPS) is 12.1. The van der Waals surface area contributed by atoms with Crippen LogP contribution in [0.1, 0.15) is 53.6 Å². The Labute approximate surface area is 187 Å². The zero-order valence-electron chi connectivity index (χ0n) is 16.8. The molecule has 0 bridgehead atoms. The quantitative estimate of drug-likeness (QED) is 0.303. The van der Waals surface area contributed by atoms with Crippen LogP contribution in [0.5, 0.6) is 0 Å². The van der Waals surface area contributed by atoms with E-state index in [-0.39, 0.29) is 17.9 Å². The third-order valence-electron chi connectivity index (χ3n) is 4.99. The van der Waals surface area contributed by atoms with E-state index in [4.69, 9.17) is 5.73 Å². The van der Waals surface area contributed by atoms with E-state index in [1.54, 1.807) is 23.0 Å². The molecule has 0 unspecified atom stereocenters. The van der Waals surface area contributed by atoms with Crippen LogP contribution in [-0.4, -0.2) is 26.8 Å². The predicted molar refractivity (Wildman–Crippen MR) is 124 cm³/mol. The second-order valence-corrected chi connectivity index (χ2v) is 9.26. The number of carbonyl (C=O) groups is 2. The Morgan fingerprint density at radius 3 is 2.81 bits per heavy atom. The van der Waals surface area contributed by atoms with Crippen molar-refractivity contribution in [3.63, 3.8) is 0 Å². The van der Waals surface area contributed by atoms with Gasteiger partial charge in [0.1, 0.15) is 10.7 Å². The predicted octanol–water partition coefficient (Wildman–Crippen LogP) is 4.65. The number of benzene rings is 1. The van der Waals surface area contributed by atoms with Crippen molar-refractivity contribution >= 4 is 44.6 Å². The van der Waals surface area contributed by atoms with Gasteiger partial charge in [0.05, 0.1) is 34.5 Å². The lowest BCUT2D eigenvalue weighted by Crippen LogP contribution is -2.28. The summed E-state index contributed by atoms with van der Waals surface area (Å²) in [6.07, 6.45) is 6.93. The zero-order valence-corrected chi connectivity index (χ0v) is 18.5. The van der Waals surface area contributed by atoms with Crippen LogP contribution in [0.4, 0.5) is 0 Å². The second kappa shape index (κ2) is 9.84. The minimum atomic E-state index is -0.283. The summed E-state index contributed by atoms with van der Waals surface area (Å²) in [6, 6.07) is 10.1. The fourth-order valence-corrected chi connectivity index (χ4v) is 4.96. The molecule has 2 amide bonds. The molecule has 0 saturated heterocycles. The first-order chi connectivity index (χ1) is 15.1. The van der Waals surface area contributed by atoms with Crippen LogP contribution in [0, 0.1) is 0 Å². The van der Waals surface area contributed by atoms with E-state index in [0.717, 1.165) is 35.7 Å². The molecule has 0 fully saturated rings. The summed E-state index contributed by atoms with van der Waals surface area (Å²) < 4.78 is 1.22. The monoisotopic (exact) mass is 453 g/mol. The van der Waals surface area contributed by atoms with Gasteiger partial charge in [-0.25, -0.2) is 4.98 Å². The molecule has 4 aromatic rings. The Kier molecular flexibility index (Phi) is 6.73. The van der Waals surface area contributed by atoms with Crippen molar-refractivity contribution in [2.75, 3.05) is 0 Å². The zero-order chi connectivity index (χ0) is 21.6. The summed E-state index contributed by atoms with van der Waals surface area (Å²) in [5.74, 6) is 0.277. The highest BCUT2D eigenvalue weighted by atomic mass is 32.1. The number of thiophene rings is 1. The molecule has 1 aromatic carbocycles. The number of unbranched alkanes of at least 4 members (excludes halogenated alkanes) is 2. The number of primary amides is 1. The van der Waals surface area contributed by atoms with Gasteiger partial charge in [0.2, 0.25) is 5.91 Å². The fourth-order valence-electron chi connectivity index (χ4n) is 3.41. The Bertz CT molecular complexity index is 1130. The Morgan fingerprint density at radius 2 is 2.03 bits per heavy atom. The maximum absolute atomic E-state index is 12.6. The third-order valence-corrected chi connectivity index (χ3v) is 6.92. The van der Waals surface area contributed by atoms with E-state index in [0.29, 0.717) is 17.7 Å². The number of aromatic nitrogens is 3. The number of nitrogens with zero attached hydrogens (tertiary/aromatic N) is 2. The summed E-state index contributed by atoms with van der Waals surface area (Å²) in [6.45, 7) is 0. The highest BCUT2D eigenvalue weighted by Gasteiger charge is 2.20. The van der Waals surface area contributed by atoms with Gasteiger partial charge in [-0.2, -0.15) is 0 Å². The van der Waals surface area contributed by atoms with E-state index in [9.17, 15) is 9.59 Å². The molecule has 3 aromatic heterocycles. The minimum absolute atomic E-state index is 0.163. The van der Waals surface area contributed by atoms with Gasteiger partial charge in [-0.15, -0.1) is 22.7 Å². The van der Waals surface area contributed by atoms with Crippen molar-refractivity contribution in [1.29, 1.82) is 0 Å². The van der Waals surface area contributed by atoms with Gasteiger partial charge in [0.15, 0.2) is 0 Å². The fraction of sp³-hybridized carbons (Fsp3) is 0.273. The summed E-state index contributed by atoms with van der Waals surface area (Å²) in [5.41, 5.74) is 7.79. The lowest BCUT2D eigenvalue weighted by molar-refractivity contribution is -0.118. The molecule has 160 valence electrons. The van der Waals surface area contributed by atoms with Gasteiger partial charge >= 0.3 is 0 Å². The molecule has 1 atom stereocenters. The van der Waals surface area contributed by atoms with E-state index in [2.05, 4.69) is 38.5 Å². The van der Waals surface area contributed by atoms with Crippen LogP contribution in [0.15, 0.2) is 48.2 Å². The lowest BCUT2D eigenvalue weighted by Gasteiger charge is -2.16. The average molecular weight is 454 g/mol. The van der Waals surface area contributed by atoms with Crippen molar-refractivity contribution in [1.82, 2.24) is 20.3 Å². The minimum Gasteiger partial charge on any atom is -0.370 e. The van der Waals surface area contributed by atoms with Crippen LogP contribution in [0.2, 0.25) is 0 Å². The second-order valence-electron chi connectivity index (χ2n) is 7.29. The van der Waals surface area contributed by atoms with Crippen LogP contribution >= 0.6 is 22.7 Å². The molecule has 0 spiro atoms. The van der Waals surface area contributed by atoms with Crippen molar-refractivity contribution in [2.24, 2.45) is 5.73 Å². The van der Waals surface area contributed by atoms with E-state index >= 15 is 0 Å². The smallest absolute Gasteiger partial charge is 0.263 e. The molecular weight excluding hydrogens is 430 g/mol. The molecule has 0 aliphatic heterocycles. The number of nitrogens with two attached hydrogens (primary N) is 1. The van der Waals surface area contributed by atoms with E-state index in [1.807, 2.05) is 18.3 Å². The topological polar surface area (TPSA) is 114 Å². The van der Waals surface area contributed by atoms with Crippen LogP contribution in [0.3, 0.4) is 0 Å². The number of H-pyrrole nitrogens is 1. The summed E-state index contributed by atoms with van der Waals surface area (Å²) >= 11 is 3.01. The Balaban J connectivity index is 1.49. The Morgan fingerprint density at radius 1 is 1.16 bits per heavy atom. The summed E-state index contributed by atoms with van der Waals surface area (Å²) in [4.78, 5) is 37.2. The third kappa shape index (κ3) is 5.36. The van der Waals surface area contributed by atoms with Gasteiger partial charge in [-0.3, -0.25) is 14.6 Å². The number of amides is 2. The molecule has 7 nitrogen and oxygen atoms in total. The summed E-state index contributed by atoms with van der Waals surface area (Å²) in [5, 5.41) is 4.27. The number of rotatable bonds is 10. The highest BCUT2D eigenvalue weighted by Crippen LogP contribution is 2.33. The number of hydrogen-bond acceptors (Lipinski definition) is 6.